The van der Waals surface area contributed by atoms with E-state index in [9.17, 15) is 0 Å². The quantitative estimate of drug-likeness (QED) is 0.300. The maximum absolute atomic E-state index is 5.13. The van der Waals surface area contributed by atoms with Crippen molar-refractivity contribution in [3.05, 3.63) is 23.8 Å². The van der Waals surface area contributed by atoms with Crippen LogP contribution in [-0.2, 0) is 9.47 Å². The van der Waals surface area contributed by atoms with E-state index >= 15 is 0 Å². The number of hydrogen-bond acceptors (Lipinski definition) is 2. The van der Waals surface area contributed by atoms with E-state index in [-0.39, 0.29) is 0 Å². The van der Waals surface area contributed by atoms with Crippen molar-refractivity contribution in [2.45, 2.75) is 65.9 Å². The second-order valence-corrected chi connectivity index (χ2v) is 5.36. The second kappa shape index (κ2) is 13.9. The lowest BCUT2D eigenvalue weighted by Gasteiger charge is -2.00. The molecule has 2 heterocycles. The molecule has 0 amide bonds. The largest absolute Gasteiger partial charge is 0.373 e. The van der Waals surface area contributed by atoms with Crippen molar-refractivity contribution < 1.29 is 9.47 Å². The number of unbranched alkanes of at least 4 members (excludes halogenated alkanes) is 3. The van der Waals surface area contributed by atoms with E-state index < -0.39 is 0 Å². The van der Waals surface area contributed by atoms with Crippen LogP contribution in [0.5, 0.6) is 0 Å². The Balaban J connectivity index is 0.000000335. The van der Waals surface area contributed by atoms with E-state index in [2.05, 4.69) is 38.3 Å². The molecule has 0 aliphatic carbocycles. The van der Waals surface area contributed by atoms with Crippen LogP contribution in [0.25, 0.3) is 0 Å². The number of rotatable bonds is 6. The first kappa shape index (κ1) is 20.0. The predicted octanol–water partition coefficient (Wildman–Crippen LogP) is 4.90. The van der Waals surface area contributed by atoms with Gasteiger partial charge < -0.3 is 9.47 Å². The second-order valence-electron chi connectivity index (χ2n) is 5.36. The van der Waals surface area contributed by atoms with Crippen LogP contribution in [0.2, 0.25) is 0 Å². The van der Waals surface area contributed by atoms with Gasteiger partial charge in [-0.15, -0.1) is 11.8 Å². The molecule has 2 nitrogen and oxygen atoms in total. The van der Waals surface area contributed by atoms with Gasteiger partial charge in [0, 0.05) is 0 Å². The molecule has 21 heavy (non-hydrogen) atoms. The molecule has 120 valence electrons. The lowest BCUT2D eigenvalue weighted by atomic mass is 10.1. The zero-order valence-electron chi connectivity index (χ0n) is 14.3. The SMILES string of the molecule is C=C(CCCCCC)C1CO1.CC#CC.CC1=CCOC1. The van der Waals surface area contributed by atoms with Gasteiger partial charge in [-0.25, -0.2) is 0 Å². The first-order valence-electron chi connectivity index (χ1n) is 8.01. The van der Waals surface area contributed by atoms with Crippen LogP contribution in [0.15, 0.2) is 23.8 Å². The molecule has 0 aromatic rings. The minimum Gasteiger partial charge on any atom is -0.373 e. The molecule has 0 radical (unpaired) electrons. The molecule has 1 unspecified atom stereocenters. The fraction of sp³-hybridized carbons (Fsp3) is 0.684. The smallest absolute Gasteiger partial charge is 0.102 e. The molecule has 0 spiro atoms. The summed E-state index contributed by atoms with van der Waals surface area (Å²) in [6, 6.07) is 0. The molecule has 0 N–H and O–H groups in total. The maximum Gasteiger partial charge on any atom is 0.102 e. The van der Waals surface area contributed by atoms with Gasteiger partial charge in [0.1, 0.15) is 6.10 Å². The zero-order valence-corrected chi connectivity index (χ0v) is 14.3. The summed E-state index contributed by atoms with van der Waals surface area (Å²) in [6.45, 7) is 14.5. The lowest BCUT2D eigenvalue weighted by molar-refractivity contribution is 0.208. The number of ether oxygens (including phenoxy) is 2. The molecule has 2 heteroatoms. The molecule has 1 fully saturated rings. The standard InChI is InChI=1S/C10H18O.C5H8O.C4H6/c1-3-4-5-6-7-9(2)10-8-11-10;1-5-2-3-6-4-5;1-3-4-2/h10H,2-8H2,1H3;2H,3-4H2,1H3;1-2H3. The lowest BCUT2D eigenvalue weighted by Crippen LogP contribution is -1.90. The summed E-state index contributed by atoms with van der Waals surface area (Å²) < 4.78 is 10.1. The highest BCUT2D eigenvalue weighted by Crippen LogP contribution is 2.22. The summed E-state index contributed by atoms with van der Waals surface area (Å²) in [5.74, 6) is 5.36. The molecule has 0 bridgehead atoms. The minimum absolute atomic E-state index is 0.427. The van der Waals surface area contributed by atoms with Crippen LogP contribution >= 0.6 is 0 Å². The minimum atomic E-state index is 0.427. The van der Waals surface area contributed by atoms with Crippen LogP contribution in [-0.4, -0.2) is 25.9 Å². The van der Waals surface area contributed by atoms with Crippen LogP contribution in [0.1, 0.15) is 59.8 Å². The van der Waals surface area contributed by atoms with E-state index in [0.717, 1.165) is 19.8 Å². The average Bonchev–Trinajstić information content (AvgIpc) is 3.25. The van der Waals surface area contributed by atoms with E-state index in [0.29, 0.717) is 6.10 Å². The van der Waals surface area contributed by atoms with Crippen molar-refractivity contribution in [1.82, 2.24) is 0 Å². The summed E-state index contributed by atoms with van der Waals surface area (Å²) in [5.41, 5.74) is 2.66. The Morgan fingerprint density at radius 1 is 1.29 bits per heavy atom. The van der Waals surface area contributed by atoms with Gasteiger partial charge in [-0.2, -0.15) is 0 Å². The third-order valence-corrected chi connectivity index (χ3v) is 3.27. The molecule has 1 atom stereocenters. The molecule has 0 aromatic carbocycles. The van der Waals surface area contributed by atoms with Crippen molar-refractivity contribution in [3.63, 3.8) is 0 Å². The first-order valence-corrected chi connectivity index (χ1v) is 8.01. The summed E-state index contributed by atoms with van der Waals surface area (Å²) >= 11 is 0. The number of hydrogen-bond donors (Lipinski definition) is 0. The third-order valence-electron chi connectivity index (χ3n) is 3.27. The van der Waals surface area contributed by atoms with Crippen molar-refractivity contribution in [2.75, 3.05) is 19.8 Å². The Morgan fingerprint density at radius 3 is 2.29 bits per heavy atom. The Bertz CT molecular complexity index is 347. The highest BCUT2D eigenvalue weighted by Gasteiger charge is 2.24. The molecule has 2 aliphatic heterocycles. The average molecular weight is 292 g/mol. The van der Waals surface area contributed by atoms with Crippen molar-refractivity contribution in [2.24, 2.45) is 0 Å². The van der Waals surface area contributed by atoms with Gasteiger partial charge in [0.25, 0.3) is 0 Å². The highest BCUT2D eigenvalue weighted by atomic mass is 16.6. The Morgan fingerprint density at radius 2 is 1.95 bits per heavy atom. The maximum atomic E-state index is 5.13. The van der Waals surface area contributed by atoms with Crippen molar-refractivity contribution in [3.8, 4) is 11.8 Å². The van der Waals surface area contributed by atoms with Crippen molar-refractivity contribution >= 4 is 0 Å². The summed E-state index contributed by atoms with van der Waals surface area (Å²) in [7, 11) is 0. The van der Waals surface area contributed by atoms with Gasteiger partial charge in [-0.1, -0.05) is 38.8 Å². The van der Waals surface area contributed by atoms with Crippen LogP contribution in [0.4, 0.5) is 0 Å². The van der Waals surface area contributed by atoms with Crippen LogP contribution < -0.4 is 0 Å². The van der Waals surface area contributed by atoms with E-state index in [1.165, 1.54) is 43.3 Å². The summed E-state index contributed by atoms with van der Waals surface area (Å²) in [6.07, 6.45) is 9.02. The molecule has 2 aliphatic rings. The van der Waals surface area contributed by atoms with Gasteiger partial charge in [0.05, 0.1) is 19.8 Å². The van der Waals surface area contributed by atoms with E-state index in [1.807, 2.05) is 13.8 Å². The normalized spacial score (nSPS) is 18.1. The third kappa shape index (κ3) is 13.7. The van der Waals surface area contributed by atoms with E-state index in [1.54, 1.807) is 0 Å². The fourth-order valence-electron chi connectivity index (χ4n) is 1.70. The predicted molar refractivity (Wildman–Crippen MR) is 91.3 cm³/mol. The topological polar surface area (TPSA) is 21.8 Å². The van der Waals surface area contributed by atoms with Gasteiger partial charge in [0.2, 0.25) is 0 Å². The molecule has 2 rings (SSSR count). The molecular formula is C19H32O2. The van der Waals surface area contributed by atoms with E-state index in [4.69, 9.17) is 9.47 Å². The van der Waals surface area contributed by atoms with Gasteiger partial charge in [0.15, 0.2) is 0 Å². The van der Waals surface area contributed by atoms with Crippen LogP contribution in [0, 0.1) is 11.8 Å². The zero-order chi connectivity index (χ0) is 15.9. The van der Waals surface area contributed by atoms with Crippen molar-refractivity contribution in [1.29, 1.82) is 0 Å². The summed E-state index contributed by atoms with van der Waals surface area (Å²) in [5, 5.41) is 0. The van der Waals surface area contributed by atoms with Gasteiger partial charge >= 0.3 is 0 Å². The Kier molecular flexibility index (Phi) is 13.2. The molecular weight excluding hydrogens is 260 g/mol. The fourth-order valence-corrected chi connectivity index (χ4v) is 1.70. The Labute approximate surface area is 131 Å². The molecule has 0 saturated carbocycles. The highest BCUT2D eigenvalue weighted by molar-refractivity contribution is 5.07. The summed E-state index contributed by atoms with van der Waals surface area (Å²) in [4.78, 5) is 0. The first-order chi connectivity index (χ1) is 10.2. The Hall–Kier alpha value is -1.04. The van der Waals surface area contributed by atoms with Gasteiger partial charge in [-0.3, -0.25) is 0 Å². The van der Waals surface area contributed by atoms with Crippen LogP contribution in [0.3, 0.4) is 0 Å². The number of epoxide rings is 1. The monoisotopic (exact) mass is 292 g/mol. The van der Waals surface area contributed by atoms with Gasteiger partial charge in [-0.05, 0) is 44.8 Å². The molecule has 0 aromatic heterocycles. The molecule has 1 saturated heterocycles.